The smallest absolute Gasteiger partial charge is 0.425 e. The number of phenols is 2. The number of aryl methyl sites for hydroxylation is 2. The molecule has 0 fully saturated rings. The highest BCUT2D eigenvalue weighted by Gasteiger charge is 2.24. The summed E-state index contributed by atoms with van der Waals surface area (Å²) in [5, 5.41) is 39.7. The number of azo groups is 2. The predicted octanol–water partition coefficient (Wildman–Crippen LogP) is 6.50. The van der Waals surface area contributed by atoms with Crippen molar-refractivity contribution in [3.63, 3.8) is 0 Å². The SMILES string of the molecule is Cc1cc(-c2ccc(N=Nc3c(S(=O)(=O)O)cc4cc(S(=O)O)cc(N)c4c3O)c(C)c2)ccc1N=Nc1ccc2cccc(N)c2c1O.O=S(=O)=O.O=S(=O)=O. The highest BCUT2D eigenvalue weighted by atomic mass is 32.2. The van der Waals surface area contributed by atoms with Crippen LogP contribution in [0.5, 0.6) is 11.5 Å². The molecular weight excluding hydrogens is 829 g/mol. The highest BCUT2D eigenvalue weighted by Crippen LogP contribution is 2.45. The Morgan fingerprint density at radius 2 is 1.07 bits per heavy atom. The summed E-state index contributed by atoms with van der Waals surface area (Å²) in [5.41, 5.74) is 16.3. The van der Waals surface area contributed by atoms with Gasteiger partial charge in [0.25, 0.3) is 10.1 Å². The first-order valence-electron chi connectivity index (χ1n) is 15.5. The number of nitrogens with two attached hydrogens (primary N) is 2. The molecule has 1 unspecified atom stereocenters. The molecule has 0 bridgehead atoms. The van der Waals surface area contributed by atoms with E-state index in [2.05, 4.69) is 20.5 Å². The van der Waals surface area contributed by atoms with Crippen LogP contribution in [0.1, 0.15) is 11.1 Å². The minimum atomic E-state index is -4.92. The second kappa shape index (κ2) is 18.0. The van der Waals surface area contributed by atoms with Crippen molar-refractivity contribution in [2.45, 2.75) is 23.6 Å². The van der Waals surface area contributed by atoms with E-state index in [1.807, 2.05) is 43.3 Å². The molecule has 19 nitrogen and oxygen atoms in total. The molecule has 0 amide bonds. The van der Waals surface area contributed by atoms with Crippen LogP contribution < -0.4 is 11.5 Å². The lowest BCUT2D eigenvalue weighted by Crippen LogP contribution is -2.01. The van der Waals surface area contributed by atoms with Crippen molar-refractivity contribution < 1.29 is 57.2 Å². The van der Waals surface area contributed by atoms with Gasteiger partial charge in [-0.1, -0.05) is 30.3 Å². The monoisotopic (exact) mass is 856 g/mol. The van der Waals surface area contributed by atoms with Gasteiger partial charge in [0.1, 0.15) is 16.3 Å². The molecule has 0 aromatic heterocycles. The molecule has 8 N–H and O–H groups in total. The van der Waals surface area contributed by atoms with Crippen molar-refractivity contribution in [1.29, 1.82) is 0 Å². The number of rotatable bonds is 7. The predicted molar refractivity (Wildman–Crippen MR) is 208 cm³/mol. The minimum Gasteiger partial charge on any atom is -0.505 e. The second-order valence-corrected chi connectivity index (χ2v) is 14.8. The number of hydrogen-bond donors (Lipinski definition) is 6. The maximum atomic E-state index is 12.2. The topological polar surface area (TPSA) is 336 Å². The van der Waals surface area contributed by atoms with Crippen molar-refractivity contribution in [3.8, 4) is 22.6 Å². The van der Waals surface area contributed by atoms with Gasteiger partial charge >= 0.3 is 21.2 Å². The lowest BCUT2D eigenvalue weighted by Gasteiger charge is -2.12. The molecule has 0 aliphatic heterocycles. The Labute approximate surface area is 328 Å². The third kappa shape index (κ3) is 10.6. The van der Waals surface area contributed by atoms with Crippen LogP contribution in [-0.4, -0.2) is 57.2 Å². The summed E-state index contributed by atoms with van der Waals surface area (Å²) < 4.78 is 106. The van der Waals surface area contributed by atoms with E-state index in [9.17, 15) is 31.9 Å². The average Bonchev–Trinajstić information content (AvgIpc) is 3.10. The number of fused-ring (bicyclic) bond motifs is 2. The molecule has 6 aromatic rings. The number of hydrogen-bond acceptors (Lipinski definition) is 17. The first-order chi connectivity index (χ1) is 26.7. The van der Waals surface area contributed by atoms with E-state index < -0.39 is 58.7 Å². The van der Waals surface area contributed by atoms with Crippen LogP contribution in [0.15, 0.2) is 115 Å². The molecule has 0 saturated heterocycles. The molecule has 0 radical (unpaired) electrons. The summed E-state index contributed by atoms with van der Waals surface area (Å²) in [5.74, 6) is -0.727. The third-order valence-electron chi connectivity index (χ3n) is 7.91. The van der Waals surface area contributed by atoms with Gasteiger partial charge in [0.05, 0.1) is 16.3 Å². The number of aromatic hydroxyl groups is 2. The van der Waals surface area contributed by atoms with Gasteiger partial charge in [-0.2, -0.15) is 18.6 Å². The molecule has 6 aromatic carbocycles. The normalized spacial score (nSPS) is 11.9. The Hall–Kier alpha value is -6.50. The van der Waals surface area contributed by atoms with Crippen molar-refractivity contribution in [2.75, 3.05) is 11.5 Å². The fourth-order valence-corrected chi connectivity index (χ4v) is 6.56. The lowest BCUT2D eigenvalue weighted by molar-refractivity contribution is 0.472. The van der Waals surface area contributed by atoms with Gasteiger partial charge in [-0.25, -0.2) is 4.21 Å². The first kappa shape index (κ1) is 43.2. The average molecular weight is 857 g/mol. The summed E-state index contributed by atoms with van der Waals surface area (Å²) in [7, 11) is -11.1. The second-order valence-electron chi connectivity index (χ2n) is 11.6. The molecule has 0 aliphatic rings. The van der Waals surface area contributed by atoms with Crippen molar-refractivity contribution in [3.05, 3.63) is 96.1 Å². The summed E-state index contributed by atoms with van der Waals surface area (Å²) in [6, 6.07) is 23.1. The highest BCUT2D eigenvalue weighted by molar-refractivity contribution is 7.86. The van der Waals surface area contributed by atoms with E-state index >= 15 is 0 Å². The molecule has 0 spiro atoms. The molecule has 57 heavy (non-hydrogen) atoms. The van der Waals surface area contributed by atoms with E-state index in [0.29, 0.717) is 28.0 Å². The van der Waals surface area contributed by atoms with E-state index in [0.717, 1.165) is 28.1 Å². The Morgan fingerprint density at radius 1 is 0.579 bits per heavy atom. The van der Waals surface area contributed by atoms with Gasteiger partial charge in [-0.15, -0.1) is 35.5 Å². The van der Waals surface area contributed by atoms with Gasteiger partial charge in [0.2, 0.25) is 0 Å². The van der Waals surface area contributed by atoms with Crippen molar-refractivity contribution in [2.24, 2.45) is 20.5 Å². The number of benzene rings is 6. The van der Waals surface area contributed by atoms with Gasteiger partial charge in [-0.05, 0) is 101 Å². The molecule has 1 atom stereocenters. The van der Waals surface area contributed by atoms with Gasteiger partial charge in [0, 0.05) is 22.1 Å². The molecule has 23 heteroatoms. The van der Waals surface area contributed by atoms with E-state index in [-0.39, 0.29) is 32.8 Å². The minimum absolute atomic E-state index is 0.00168. The molecular formula is C34H28N6O13S4. The van der Waals surface area contributed by atoms with Crippen molar-refractivity contribution >= 4 is 98.1 Å². The van der Waals surface area contributed by atoms with E-state index in [1.165, 1.54) is 12.1 Å². The van der Waals surface area contributed by atoms with Gasteiger partial charge in [0.15, 0.2) is 22.6 Å². The van der Waals surface area contributed by atoms with Crippen LogP contribution in [0.4, 0.5) is 34.1 Å². The van der Waals surface area contributed by atoms with Crippen LogP contribution in [0, 0.1) is 13.8 Å². The quantitative estimate of drug-likeness (QED) is 0.0432. The zero-order chi connectivity index (χ0) is 42.4. The molecule has 0 heterocycles. The number of nitrogen functional groups attached to an aromatic ring is 2. The number of anilines is 2. The Kier molecular flexibility index (Phi) is 13.6. The first-order valence-corrected chi connectivity index (χ1v) is 20.0. The Balaban J connectivity index is 0.000000824. The zero-order valence-corrected chi connectivity index (χ0v) is 32.4. The van der Waals surface area contributed by atoms with Crippen LogP contribution >= 0.6 is 0 Å². The molecule has 296 valence electrons. The van der Waals surface area contributed by atoms with Gasteiger partial charge in [-0.3, -0.25) is 4.55 Å². The molecule has 6 rings (SSSR count). The van der Waals surface area contributed by atoms with Crippen LogP contribution in [0.25, 0.3) is 32.7 Å². The maximum absolute atomic E-state index is 12.2. The standard InChI is InChI=1S/C34H28N6O7S2.2O3S/c1-17-12-20(7-9-26(17)37-39-28-11-6-19-4-3-5-24(35)30(19)33(28)41)21-8-10-27(18(2)13-21)38-40-32-29(49(45,46)47)15-22-14-23(48(43)44)16-25(36)31(22)34(32)42;2*1-4(2)3/h3-16,41-42H,35-36H2,1-2H3,(H,43,44)(H,45,46,47);;. The maximum Gasteiger partial charge on any atom is 0.425 e. The molecule has 0 aliphatic carbocycles. The lowest BCUT2D eigenvalue weighted by atomic mass is 10.0. The largest absolute Gasteiger partial charge is 0.505 e. The van der Waals surface area contributed by atoms with Gasteiger partial charge < -0.3 is 26.2 Å². The summed E-state index contributed by atoms with van der Waals surface area (Å²) >= 11 is -2.43. The summed E-state index contributed by atoms with van der Waals surface area (Å²) in [4.78, 5) is -0.888. The van der Waals surface area contributed by atoms with Crippen LogP contribution in [-0.2, 0) is 42.4 Å². The zero-order valence-electron chi connectivity index (χ0n) is 29.1. The Bertz CT molecular complexity index is 2970. The summed E-state index contributed by atoms with van der Waals surface area (Å²) in [6.45, 7) is 3.65. The number of nitrogens with zero attached hydrogens (tertiary/aromatic N) is 4. The van der Waals surface area contributed by atoms with E-state index in [1.54, 1.807) is 37.3 Å². The van der Waals surface area contributed by atoms with E-state index in [4.69, 9.17) is 36.7 Å². The van der Waals surface area contributed by atoms with Crippen molar-refractivity contribution in [1.82, 2.24) is 0 Å². The fourth-order valence-electron chi connectivity index (χ4n) is 5.45. The molecule has 0 saturated carbocycles. The summed E-state index contributed by atoms with van der Waals surface area (Å²) in [6.07, 6.45) is 0. The van der Waals surface area contributed by atoms with Crippen LogP contribution in [0.3, 0.4) is 0 Å². The Morgan fingerprint density at radius 3 is 1.58 bits per heavy atom. The number of phenolic OH excluding ortho intramolecular Hbond substituents is 2. The fraction of sp³-hybridized carbons (Fsp3) is 0.0588. The third-order valence-corrected chi connectivity index (χ3v) is 9.42. The van der Waals surface area contributed by atoms with Crippen LogP contribution in [0.2, 0.25) is 0 Å².